The summed E-state index contributed by atoms with van der Waals surface area (Å²) in [6.45, 7) is 9.62. The van der Waals surface area contributed by atoms with Crippen LogP contribution < -0.4 is 10.1 Å². The molecule has 7 nitrogen and oxygen atoms in total. The summed E-state index contributed by atoms with van der Waals surface area (Å²) >= 11 is 0. The second-order valence-corrected chi connectivity index (χ2v) is 9.17. The van der Waals surface area contributed by atoms with Gasteiger partial charge in [-0.2, -0.15) is 0 Å². The molecule has 1 atom stereocenters. The van der Waals surface area contributed by atoms with Gasteiger partial charge in [-0.1, -0.05) is 6.07 Å². The monoisotopic (exact) mass is 437 g/mol. The number of anilines is 1. The van der Waals surface area contributed by atoms with E-state index in [1.54, 1.807) is 6.92 Å². The minimum atomic E-state index is -0.0362. The van der Waals surface area contributed by atoms with Gasteiger partial charge < -0.3 is 19.9 Å². The summed E-state index contributed by atoms with van der Waals surface area (Å²) in [4.78, 5) is 26.4. The van der Waals surface area contributed by atoms with Gasteiger partial charge >= 0.3 is 0 Å². The zero-order valence-corrected chi connectivity index (χ0v) is 19.8. The number of likely N-dealkylation sites (N-methyl/N-ethyl adjacent to an activating group) is 1. The molecule has 2 aliphatic rings. The fourth-order valence-electron chi connectivity index (χ4n) is 4.81. The lowest BCUT2D eigenvalue weighted by molar-refractivity contribution is -0.132. The van der Waals surface area contributed by atoms with Crippen molar-refractivity contribution in [3.05, 3.63) is 46.4 Å². The number of likely N-dealkylation sites (tertiary alicyclic amines) is 1. The van der Waals surface area contributed by atoms with E-state index in [1.165, 1.54) is 16.7 Å². The number of aromatic nitrogens is 2. The first-order chi connectivity index (χ1) is 15.4. The third-order valence-electron chi connectivity index (χ3n) is 6.34. The quantitative estimate of drug-likeness (QED) is 0.696. The minimum absolute atomic E-state index is 0.0362. The van der Waals surface area contributed by atoms with Crippen molar-refractivity contribution in [2.24, 2.45) is 0 Å². The SMILES string of the molecule is CC(=O)N1CCCC[C@@H]1c1nc2c(c(NCCOc3cc(C)cc(C)c3)n1)CCN(C)C2. The molecular formula is C25H35N5O2. The topological polar surface area (TPSA) is 70.6 Å². The number of fused-ring (bicyclic) bond motifs is 1. The van der Waals surface area contributed by atoms with Crippen molar-refractivity contribution in [1.82, 2.24) is 19.8 Å². The Morgan fingerprint density at radius 1 is 1.16 bits per heavy atom. The second-order valence-electron chi connectivity index (χ2n) is 9.17. The van der Waals surface area contributed by atoms with Crippen LogP contribution >= 0.6 is 0 Å². The van der Waals surface area contributed by atoms with Crippen molar-refractivity contribution in [1.29, 1.82) is 0 Å². The number of piperidine rings is 1. The summed E-state index contributed by atoms with van der Waals surface area (Å²) in [6, 6.07) is 6.23. The Morgan fingerprint density at radius 2 is 1.94 bits per heavy atom. The summed E-state index contributed by atoms with van der Waals surface area (Å²) in [5.41, 5.74) is 4.68. The molecule has 2 aliphatic heterocycles. The van der Waals surface area contributed by atoms with Crippen LogP contribution in [0.1, 0.15) is 60.4 Å². The molecule has 1 N–H and O–H groups in total. The Labute approximate surface area is 191 Å². The largest absolute Gasteiger partial charge is 0.492 e. The number of aryl methyl sites for hydroxylation is 2. The van der Waals surface area contributed by atoms with Gasteiger partial charge in [0.05, 0.1) is 18.3 Å². The van der Waals surface area contributed by atoms with Gasteiger partial charge in [0.1, 0.15) is 18.2 Å². The predicted molar refractivity (Wildman–Crippen MR) is 126 cm³/mol. The van der Waals surface area contributed by atoms with Crippen LogP contribution in [0, 0.1) is 13.8 Å². The average Bonchev–Trinajstić information content (AvgIpc) is 2.75. The number of benzene rings is 1. The Hall–Kier alpha value is -2.67. The molecule has 2 aromatic rings. The van der Waals surface area contributed by atoms with Gasteiger partial charge in [-0.25, -0.2) is 9.97 Å². The minimum Gasteiger partial charge on any atom is -0.492 e. The van der Waals surface area contributed by atoms with Crippen molar-refractivity contribution in [2.75, 3.05) is 38.6 Å². The molecule has 3 heterocycles. The molecule has 4 rings (SSSR count). The van der Waals surface area contributed by atoms with Crippen molar-refractivity contribution < 1.29 is 9.53 Å². The molecule has 0 saturated carbocycles. The number of rotatable bonds is 6. The van der Waals surface area contributed by atoms with E-state index in [-0.39, 0.29) is 11.9 Å². The predicted octanol–water partition coefficient (Wildman–Crippen LogP) is 3.65. The van der Waals surface area contributed by atoms with Crippen molar-refractivity contribution in [2.45, 2.75) is 59.0 Å². The van der Waals surface area contributed by atoms with Crippen LogP contribution in [0.15, 0.2) is 18.2 Å². The zero-order valence-electron chi connectivity index (χ0n) is 19.8. The fraction of sp³-hybridized carbons (Fsp3) is 0.560. The highest BCUT2D eigenvalue weighted by molar-refractivity contribution is 5.73. The highest BCUT2D eigenvalue weighted by Crippen LogP contribution is 2.32. The summed E-state index contributed by atoms with van der Waals surface area (Å²) in [6.07, 6.45) is 3.99. The maximum atomic E-state index is 12.2. The van der Waals surface area contributed by atoms with E-state index in [0.717, 1.165) is 68.4 Å². The molecule has 172 valence electrons. The smallest absolute Gasteiger partial charge is 0.220 e. The van der Waals surface area contributed by atoms with Crippen LogP contribution in [0.2, 0.25) is 0 Å². The van der Waals surface area contributed by atoms with Gasteiger partial charge in [0, 0.05) is 32.1 Å². The molecule has 0 aliphatic carbocycles. The molecule has 7 heteroatoms. The van der Waals surface area contributed by atoms with Crippen LogP contribution in [-0.2, 0) is 17.8 Å². The summed E-state index contributed by atoms with van der Waals surface area (Å²) in [5, 5.41) is 3.51. The third-order valence-corrected chi connectivity index (χ3v) is 6.34. The van der Waals surface area contributed by atoms with Crippen molar-refractivity contribution in [3.8, 4) is 5.75 Å². The average molecular weight is 438 g/mol. The number of hydrogen-bond acceptors (Lipinski definition) is 6. The Morgan fingerprint density at radius 3 is 2.69 bits per heavy atom. The molecule has 1 amide bonds. The van der Waals surface area contributed by atoms with Crippen LogP contribution in [0.5, 0.6) is 5.75 Å². The highest BCUT2D eigenvalue weighted by atomic mass is 16.5. The van der Waals surface area contributed by atoms with Gasteiger partial charge in [0.15, 0.2) is 5.82 Å². The molecular weight excluding hydrogens is 402 g/mol. The molecule has 1 aromatic carbocycles. The van der Waals surface area contributed by atoms with Crippen LogP contribution in [0.25, 0.3) is 0 Å². The number of hydrogen-bond donors (Lipinski definition) is 1. The van der Waals surface area contributed by atoms with E-state index in [1.807, 2.05) is 4.90 Å². The van der Waals surface area contributed by atoms with Crippen molar-refractivity contribution in [3.63, 3.8) is 0 Å². The van der Waals surface area contributed by atoms with Crippen LogP contribution in [0.4, 0.5) is 5.82 Å². The van der Waals surface area contributed by atoms with E-state index >= 15 is 0 Å². The molecule has 0 unspecified atom stereocenters. The molecule has 1 fully saturated rings. The summed E-state index contributed by atoms with van der Waals surface area (Å²) in [5.74, 6) is 2.67. The van der Waals surface area contributed by atoms with Crippen molar-refractivity contribution >= 4 is 11.7 Å². The van der Waals surface area contributed by atoms with Crippen LogP contribution in [-0.4, -0.2) is 59.0 Å². The Kier molecular flexibility index (Phi) is 6.94. The molecule has 32 heavy (non-hydrogen) atoms. The Balaban J connectivity index is 1.52. The lowest BCUT2D eigenvalue weighted by atomic mass is 10.00. The molecule has 1 saturated heterocycles. The Bertz CT molecular complexity index is 957. The standard InChI is InChI=1S/C25H35N5O2/c1-17-13-18(2)15-20(14-17)32-12-9-26-24-21-8-11-29(4)16-22(21)27-25(28-24)23-7-5-6-10-30(23)19(3)31/h13-15,23H,5-12,16H2,1-4H3,(H,26,27,28)/t23-/m1/s1. The number of nitrogens with zero attached hydrogens (tertiary/aromatic N) is 4. The van der Waals surface area contributed by atoms with E-state index in [4.69, 9.17) is 14.7 Å². The first-order valence-electron chi connectivity index (χ1n) is 11.7. The number of ether oxygens (including phenoxy) is 1. The number of carbonyl (C=O) groups is 1. The van der Waals surface area contributed by atoms with Gasteiger partial charge in [-0.3, -0.25) is 4.79 Å². The third kappa shape index (κ3) is 5.21. The molecule has 0 spiro atoms. The van der Waals surface area contributed by atoms with Crippen LogP contribution in [0.3, 0.4) is 0 Å². The first kappa shape index (κ1) is 22.5. The second kappa shape index (κ2) is 9.86. The van der Waals surface area contributed by atoms with Gasteiger partial charge in [0.2, 0.25) is 5.91 Å². The lowest BCUT2D eigenvalue weighted by Crippen LogP contribution is -2.38. The molecule has 0 radical (unpaired) electrons. The first-order valence-corrected chi connectivity index (χ1v) is 11.7. The lowest BCUT2D eigenvalue weighted by Gasteiger charge is -2.35. The summed E-state index contributed by atoms with van der Waals surface area (Å²) in [7, 11) is 2.12. The number of nitrogens with one attached hydrogen (secondary N) is 1. The fourth-order valence-corrected chi connectivity index (χ4v) is 4.81. The molecule has 1 aromatic heterocycles. The van der Waals surface area contributed by atoms with E-state index in [0.29, 0.717) is 13.2 Å². The normalized spacial score (nSPS) is 18.9. The van der Waals surface area contributed by atoms with E-state index in [2.05, 4.69) is 49.3 Å². The zero-order chi connectivity index (χ0) is 22.7. The maximum Gasteiger partial charge on any atom is 0.220 e. The van der Waals surface area contributed by atoms with Gasteiger partial charge in [0.25, 0.3) is 0 Å². The van der Waals surface area contributed by atoms with E-state index < -0.39 is 0 Å². The number of carbonyl (C=O) groups excluding carboxylic acids is 1. The number of amides is 1. The van der Waals surface area contributed by atoms with Gasteiger partial charge in [-0.15, -0.1) is 0 Å². The van der Waals surface area contributed by atoms with E-state index in [9.17, 15) is 4.79 Å². The maximum absolute atomic E-state index is 12.2. The summed E-state index contributed by atoms with van der Waals surface area (Å²) < 4.78 is 5.98. The van der Waals surface area contributed by atoms with Gasteiger partial charge in [-0.05, 0) is 69.8 Å². The highest BCUT2D eigenvalue weighted by Gasteiger charge is 2.30. The molecule has 0 bridgehead atoms.